The van der Waals surface area contributed by atoms with Gasteiger partial charge in [0.1, 0.15) is 0 Å². The third kappa shape index (κ3) is 9.00. The van der Waals surface area contributed by atoms with Gasteiger partial charge in [0.15, 0.2) is 0 Å². The van der Waals surface area contributed by atoms with Gasteiger partial charge >= 0.3 is 0 Å². The quantitative estimate of drug-likeness (QED) is 0.210. The summed E-state index contributed by atoms with van der Waals surface area (Å²) < 4.78 is 0. The van der Waals surface area contributed by atoms with Crippen molar-refractivity contribution in [2.24, 2.45) is 0 Å². The van der Waals surface area contributed by atoms with Gasteiger partial charge in [-0.3, -0.25) is 0 Å². The van der Waals surface area contributed by atoms with Gasteiger partial charge in [0.25, 0.3) is 0 Å². The molecule has 2 aromatic carbocycles. The molecule has 200 valence electrons. The van der Waals surface area contributed by atoms with Crippen LogP contribution in [0.4, 0.5) is 5.69 Å². The molecule has 1 unspecified atom stereocenters. The Kier molecular flexibility index (Phi) is 12.2. The molecule has 37 heavy (non-hydrogen) atoms. The van der Waals surface area contributed by atoms with E-state index in [1.807, 2.05) is 48.6 Å². The van der Waals surface area contributed by atoms with E-state index in [1.165, 1.54) is 6.42 Å². The lowest BCUT2D eigenvalue weighted by Crippen LogP contribution is -2.31. The Hall–Kier alpha value is -2.11. The standard InChI is InChI=1S/C31H42Cl2N4/c1-5-36(6-2)20-11-13-26(19-21-37(7-3)8-4)34-31-23-27(17-15-24-12-9-10-14-29(24)33)35-30-22-25(32)16-18-28(30)31/h9-10,12,14-18,22-23,26H,5-8,11,13,19-21H2,1-4H3,(H,34,35)/b17-15+. The molecule has 0 aliphatic rings. The summed E-state index contributed by atoms with van der Waals surface area (Å²) in [4.78, 5) is 9.89. The van der Waals surface area contributed by atoms with Crippen LogP contribution in [0.1, 0.15) is 58.2 Å². The number of nitrogens with zero attached hydrogens (tertiary/aromatic N) is 3. The highest BCUT2D eigenvalue weighted by Crippen LogP contribution is 2.29. The Morgan fingerprint density at radius 2 is 1.54 bits per heavy atom. The minimum atomic E-state index is 0.373. The molecule has 3 rings (SSSR count). The van der Waals surface area contributed by atoms with E-state index in [2.05, 4.69) is 54.9 Å². The Balaban J connectivity index is 1.89. The molecule has 4 nitrogen and oxygen atoms in total. The highest BCUT2D eigenvalue weighted by atomic mass is 35.5. The summed E-state index contributed by atoms with van der Waals surface area (Å²) in [5, 5.41) is 6.43. The molecule has 0 radical (unpaired) electrons. The zero-order valence-electron chi connectivity index (χ0n) is 22.8. The van der Waals surface area contributed by atoms with E-state index in [0.29, 0.717) is 11.1 Å². The fourth-order valence-electron chi connectivity index (χ4n) is 4.70. The number of hydrogen-bond donors (Lipinski definition) is 1. The molecular weight excluding hydrogens is 499 g/mol. The van der Waals surface area contributed by atoms with Gasteiger partial charge in [-0.05, 0) is 94.0 Å². The number of hydrogen-bond acceptors (Lipinski definition) is 4. The number of pyridine rings is 1. The number of anilines is 1. The fraction of sp³-hybridized carbons (Fsp3) is 0.452. The molecule has 0 saturated carbocycles. The van der Waals surface area contributed by atoms with Crippen LogP contribution >= 0.6 is 23.2 Å². The minimum absolute atomic E-state index is 0.373. The predicted octanol–water partition coefficient (Wildman–Crippen LogP) is 8.35. The van der Waals surface area contributed by atoms with Gasteiger partial charge in [0.05, 0.1) is 11.2 Å². The number of rotatable bonds is 15. The summed E-state index contributed by atoms with van der Waals surface area (Å²) in [5.41, 5.74) is 3.85. The molecule has 1 heterocycles. The molecule has 0 spiro atoms. The SMILES string of the molecule is CCN(CC)CCCC(CCN(CC)CC)Nc1cc(/C=C/c2ccccc2Cl)nc2cc(Cl)ccc12. The first-order valence-corrected chi connectivity index (χ1v) is 14.5. The molecule has 0 amide bonds. The second-order valence-corrected chi connectivity index (χ2v) is 10.3. The maximum atomic E-state index is 6.37. The summed E-state index contributed by atoms with van der Waals surface area (Å²) in [7, 11) is 0. The predicted molar refractivity (Wildman–Crippen MR) is 164 cm³/mol. The van der Waals surface area contributed by atoms with E-state index >= 15 is 0 Å². The van der Waals surface area contributed by atoms with E-state index < -0.39 is 0 Å². The minimum Gasteiger partial charge on any atom is -0.382 e. The van der Waals surface area contributed by atoms with E-state index in [4.69, 9.17) is 28.2 Å². The van der Waals surface area contributed by atoms with Gasteiger partial charge in [-0.25, -0.2) is 4.98 Å². The lowest BCUT2D eigenvalue weighted by molar-refractivity contribution is 0.277. The van der Waals surface area contributed by atoms with Crippen LogP contribution in [0.3, 0.4) is 0 Å². The van der Waals surface area contributed by atoms with Crippen molar-refractivity contribution >= 4 is 51.9 Å². The van der Waals surface area contributed by atoms with Gasteiger partial charge < -0.3 is 15.1 Å². The average Bonchev–Trinajstić information content (AvgIpc) is 2.90. The Morgan fingerprint density at radius 3 is 2.24 bits per heavy atom. The first-order valence-electron chi connectivity index (χ1n) is 13.7. The van der Waals surface area contributed by atoms with Crippen LogP contribution in [0.25, 0.3) is 23.1 Å². The van der Waals surface area contributed by atoms with Crippen LogP contribution in [0, 0.1) is 0 Å². The van der Waals surface area contributed by atoms with Gasteiger partial charge in [-0.15, -0.1) is 0 Å². The maximum Gasteiger partial charge on any atom is 0.0744 e. The van der Waals surface area contributed by atoms with Crippen molar-refractivity contribution in [3.05, 3.63) is 69.8 Å². The molecule has 1 aromatic heterocycles. The number of nitrogens with one attached hydrogen (secondary N) is 1. The Labute approximate surface area is 233 Å². The van der Waals surface area contributed by atoms with E-state index in [0.717, 1.165) is 85.0 Å². The van der Waals surface area contributed by atoms with Crippen LogP contribution in [0.15, 0.2) is 48.5 Å². The highest BCUT2D eigenvalue weighted by molar-refractivity contribution is 6.32. The topological polar surface area (TPSA) is 31.4 Å². The molecular formula is C31H42Cl2N4. The lowest BCUT2D eigenvalue weighted by atomic mass is 10.0. The first kappa shape index (κ1) is 29.4. The smallest absolute Gasteiger partial charge is 0.0744 e. The highest BCUT2D eigenvalue weighted by Gasteiger charge is 2.14. The molecule has 0 aliphatic carbocycles. The molecule has 6 heteroatoms. The van der Waals surface area contributed by atoms with Crippen molar-refractivity contribution in [1.82, 2.24) is 14.8 Å². The van der Waals surface area contributed by atoms with Crippen LogP contribution in [0.5, 0.6) is 0 Å². The van der Waals surface area contributed by atoms with Crippen LogP contribution < -0.4 is 5.32 Å². The van der Waals surface area contributed by atoms with Crippen molar-refractivity contribution in [2.75, 3.05) is 44.6 Å². The van der Waals surface area contributed by atoms with Crippen molar-refractivity contribution in [1.29, 1.82) is 0 Å². The monoisotopic (exact) mass is 540 g/mol. The zero-order valence-corrected chi connectivity index (χ0v) is 24.3. The van der Waals surface area contributed by atoms with Crippen molar-refractivity contribution in [2.45, 2.75) is 53.0 Å². The molecule has 0 aliphatic heterocycles. The zero-order chi connectivity index (χ0) is 26.6. The third-order valence-electron chi connectivity index (χ3n) is 7.10. The van der Waals surface area contributed by atoms with Crippen molar-refractivity contribution in [3.8, 4) is 0 Å². The summed E-state index contributed by atoms with van der Waals surface area (Å²) in [6, 6.07) is 16.3. The maximum absolute atomic E-state index is 6.37. The molecule has 0 bridgehead atoms. The van der Waals surface area contributed by atoms with Crippen LogP contribution in [-0.4, -0.2) is 60.1 Å². The van der Waals surface area contributed by atoms with E-state index in [-0.39, 0.29) is 0 Å². The summed E-state index contributed by atoms with van der Waals surface area (Å²) in [6.07, 6.45) is 7.44. The molecule has 1 atom stereocenters. The third-order valence-corrected chi connectivity index (χ3v) is 7.68. The summed E-state index contributed by atoms with van der Waals surface area (Å²) >= 11 is 12.7. The Morgan fingerprint density at radius 1 is 0.838 bits per heavy atom. The fourth-order valence-corrected chi connectivity index (χ4v) is 5.07. The van der Waals surface area contributed by atoms with Crippen molar-refractivity contribution < 1.29 is 0 Å². The van der Waals surface area contributed by atoms with Gasteiger partial charge in [-0.2, -0.15) is 0 Å². The molecule has 3 aromatic rings. The average molecular weight is 542 g/mol. The van der Waals surface area contributed by atoms with E-state index in [9.17, 15) is 0 Å². The normalized spacial score (nSPS) is 12.8. The first-order chi connectivity index (χ1) is 18.0. The van der Waals surface area contributed by atoms with Gasteiger partial charge in [0.2, 0.25) is 0 Å². The summed E-state index contributed by atoms with van der Waals surface area (Å²) in [5.74, 6) is 0. The second-order valence-electron chi connectivity index (χ2n) is 9.44. The number of fused-ring (bicyclic) bond motifs is 1. The summed E-state index contributed by atoms with van der Waals surface area (Å²) in [6.45, 7) is 15.5. The van der Waals surface area contributed by atoms with Gasteiger partial charge in [0, 0.05) is 33.7 Å². The Bertz CT molecular complexity index is 1140. The number of aromatic nitrogens is 1. The number of halogens is 2. The van der Waals surface area contributed by atoms with Crippen molar-refractivity contribution in [3.63, 3.8) is 0 Å². The van der Waals surface area contributed by atoms with Crippen LogP contribution in [-0.2, 0) is 0 Å². The van der Waals surface area contributed by atoms with Gasteiger partial charge in [-0.1, -0.05) is 75.2 Å². The largest absolute Gasteiger partial charge is 0.382 e. The number of benzene rings is 2. The molecule has 0 fully saturated rings. The van der Waals surface area contributed by atoms with Crippen LogP contribution in [0.2, 0.25) is 10.0 Å². The molecule has 1 N–H and O–H groups in total. The van der Waals surface area contributed by atoms with E-state index in [1.54, 1.807) is 0 Å². The second kappa shape index (κ2) is 15.3. The molecule has 0 saturated heterocycles. The lowest BCUT2D eigenvalue weighted by Gasteiger charge is -2.26.